The Morgan fingerprint density at radius 3 is 2.50 bits per heavy atom. The lowest BCUT2D eigenvalue weighted by atomic mass is 10.3. The van der Waals surface area contributed by atoms with Gasteiger partial charge in [-0.05, 0) is 0 Å². The number of primary amides is 1. The Morgan fingerprint density at radius 1 is 1.50 bits per heavy atom. The first-order chi connectivity index (χ1) is 5.72. The molecule has 0 atom stereocenters. The number of carbonyl (C=O) groups is 1. The zero-order valence-electron chi connectivity index (χ0n) is 6.33. The summed E-state index contributed by atoms with van der Waals surface area (Å²) >= 11 is 5.51. The number of halogens is 1. The summed E-state index contributed by atoms with van der Waals surface area (Å²) in [4.78, 5) is 18.2. The SMILES string of the molecule is NC(=O)Cc1ncc(CCl)cn1. The molecule has 64 valence electrons. The standard InChI is InChI=1S/C7H8ClN3O/c8-2-5-3-10-7(11-4-5)1-6(9)12/h3-4H,1-2H2,(H2,9,12). The molecular formula is C7H8ClN3O. The molecular weight excluding hydrogens is 178 g/mol. The van der Waals surface area contributed by atoms with Crippen molar-refractivity contribution in [3.05, 3.63) is 23.8 Å². The molecule has 0 radical (unpaired) electrons. The van der Waals surface area contributed by atoms with Gasteiger partial charge in [0.05, 0.1) is 12.3 Å². The van der Waals surface area contributed by atoms with Crippen LogP contribution in [0.2, 0.25) is 0 Å². The van der Waals surface area contributed by atoms with Crippen molar-refractivity contribution in [1.29, 1.82) is 0 Å². The van der Waals surface area contributed by atoms with Gasteiger partial charge < -0.3 is 5.73 Å². The first-order valence-electron chi connectivity index (χ1n) is 3.36. The highest BCUT2D eigenvalue weighted by Gasteiger charge is 2.00. The van der Waals surface area contributed by atoms with Crippen molar-refractivity contribution in [3.63, 3.8) is 0 Å². The topological polar surface area (TPSA) is 68.9 Å². The van der Waals surface area contributed by atoms with Crippen molar-refractivity contribution in [2.45, 2.75) is 12.3 Å². The molecule has 2 N–H and O–H groups in total. The van der Waals surface area contributed by atoms with Crippen LogP contribution in [-0.4, -0.2) is 15.9 Å². The van der Waals surface area contributed by atoms with E-state index in [2.05, 4.69) is 9.97 Å². The van der Waals surface area contributed by atoms with Gasteiger partial charge in [0, 0.05) is 18.0 Å². The van der Waals surface area contributed by atoms with Crippen molar-refractivity contribution in [2.75, 3.05) is 0 Å². The van der Waals surface area contributed by atoms with E-state index >= 15 is 0 Å². The maximum atomic E-state index is 10.4. The Kier molecular flexibility index (Phi) is 2.99. The molecule has 0 unspecified atom stereocenters. The smallest absolute Gasteiger partial charge is 0.225 e. The average Bonchev–Trinajstić information content (AvgIpc) is 2.05. The van der Waals surface area contributed by atoms with E-state index in [1.54, 1.807) is 12.4 Å². The van der Waals surface area contributed by atoms with Gasteiger partial charge in [0.25, 0.3) is 0 Å². The fraction of sp³-hybridized carbons (Fsp3) is 0.286. The predicted molar refractivity (Wildman–Crippen MR) is 44.5 cm³/mol. The second-order valence-electron chi connectivity index (χ2n) is 2.28. The van der Waals surface area contributed by atoms with Crippen molar-refractivity contribution in [2.24, 2.45) is 5.73 Å². The fourth-order valence-corrected chi connectivity index (χ4v) is 0.836. The van der Waals surface area contributed by atoms with Crippen LogP contribution in [-0.2, 0) is 17.1 Å². The zero-order chi connectivity index (χ0) is 8.97. The number of nitrogens with two attached hydrogens (primary N) is 1. The molecule has 0 bridgehead atoms. The summed E-state index contributed by atoms with van der Waals surface area (Å²) in [6.07, 6.45) is 3.24. The van der Waals surface area contributed by atoms with Crippen molar-refractivity contribution in [1.82, 2.24) is 9.97 Å². The number of rotatable bonds is 3. The fourth-order valence-electron chi connectivity index (χ4n) is 0.698. The zero-order valence-corrected chi connectivity index (χ0v) is 7.08. The molecule has 1 amide bonds. The third kappa shape index (κ3) is 2.47. The maximum absolute atomic E-state index is 10.4. The molecule has 1 heterocycles. The van der Waals surface area contributed by atoms with Gasteiger partial charge in [-0.15, -0.1) is 11.6 Å². The van der Waals surface area contributed by atoms with Crippen molar-refractivity contribution in [3.8, 4) is 0 Å². The molecule has 0 aliphatic carbocycles. The van der Waals surface area contributed by atoms with Crippen LogP contribution in [0.4, 0.5) is 0 Å². The lowest BCUT2D eigenvalue weighted by Gasteiger charge is -1.96. The number of alkyl halides is 1. The Bertz CT molecular complexity index is 272. The van der Waals surface area contributed by atoms with Crippen LogP contribution in [0.3, 0.4) is 0 Å². The average molecular weight is 186 g/mol. The van der Waals surface area contributed by atoms with E-state index in [1.807, 2.05) is 0 Å². The van der Waals surface area contributed by atoms with Crippen LogP contribution in [0, 0.1) is 0 Å². The normalized spacial score (nSPS) is 9.75. The van der Waals surface area contributed by atoms with Crippen molar-refractivity contribution >= 4 is 17.5 Å². The largest absolute Gasteiger partial charge is 0.369 e. The lowest BCUT2D eigenvalue weighted by Crippen LogP contribution is -2.15. The second-order valence-corrected chi connectivity index (χ2v) is 2.55. The molecule has 12 heavy (non-hydrogen) atoms. The number of hydrogen-bond acceptors (Lipinski definition) is 3. The minimum Gasteiger partial charge on any atom is -0.369 e. The molecule has 0 saturated heterocycles. The Balaban J connectivity index is 2.71. The third-order valence-electron chi connectivity index (χ3n) is 1.25. The van der Waals surface area contributed by atoms with Gasteiger partial charge in [0.2, 0.25) is 5.91 Å². The van der Waals surface area contributed by atoms with Crippen LogP contribution in [0.1, 0.15) is 11.4 Å². The molecule has 0 saturated carbocycles. The summed E-state index contributed by atoms with van der Waals surface area (Å²) in [5, 5.41) is 0. The number of carbonyl (C=O) groups excluding carboxylic acids is 1. The van der Waals surface area contributed by atoms with E-state index in [0.29, 0.717) is 11.7 Å². The minimum absolute atomic E-state index is 0.0720. The molecule has 1 aromatic heterocycles. The molecule has 0 aliphatic rings. The van der Waals surface area contributed by atoms with Crippen LogP contribution in [0.15, 0.2) is 12.4 Å². The molecule has 1 aromatic rings. The molecule has 1 rings (SSSR count). The third-order valence-corrected chi connectivity index (χ3v) is 1.55. The van der Waals surface area contributed by atoms with Crippen molar-refractivity contribution < 1.29 is 4.79 Å². The lowest BCUT2D eigenvalue weighted by molar-refractivity contribution is -0.117. The first-order valence-corrected chi connectivity index (χ1v) is 3.90. The molecule has 0 aromatic carbocycles. The number of nitrogens with zero attached hydrogens (tertiary/aromatic N) is 2. The summed E-state index contributed by atoms with van der Waals surface area (Å²) in [7, 11) is 0. The van der Waals surface area contributed by atoms with E-state index in [-0.39, 0.29) is 6.42 Å². The maximum Gasteiger partial charge on any atom is 0.225 e. The van der Waals surface area contributed by atoms with E-state index < -0.39 is 5.91 Å². The highest BCUT2D eigenvalue weighted by Crippen LogP contribution is 1.99. The minimum atomic E-state index is -0.436. The highest BCUT2D eigenvalue weighted by molar-refractivity contribution is 6.17. The van der Waals surface area contributed by atoms with Gasteiger partial charge >= 0.3 is 0 Å². The van der Waals surface area contributed by atoms with Crippen LogP contribution < -0.4 is 5.73 Å². The van der Waals surface area contributed by atoms with Gasteiger partial charge in [-0.3, -0.25) is 4.79 Å². The summed E-state index contributed by atoms with van der Waals surface area (Å²) in [5.74, 6) is 0.363. The van der Waals surface area contributed by atoms with E-state index in [1.165, 1.54) is 0 Å². The quantitative estimate of drug-likeness (QED) is 0.686. The summed E-state index contributed by atoms with van der Waals surface area (Å²) in [6.45, 7) is 0. The van der Waals surface area contributed by atoms with Gasteiger partial charge in [0.1, 0.15) is 5.82 Å². The van der Waals surface area contributed by atoms with Gasteiger partial charge in [-0.2, -0.15) is 0 Å². The second kappa shape index (κ2) is 4.01. The Labute approximate surface area is 74.8 Å². The van der Waals surface area contributed by atoms with E-state index in [4.69, 9.17) is 17.3 Å². The van der Waals surface area contributed by atoms with Gasteiger partial charge in [0.15, 0.2) is 0 Å². The van der Waals surface area contributed by atoms with Gasteiger partial charge in [-0.25, -0.2) is 9.97 Å². The monoisotopic (exact) mass is 185 g/mol. The molecule has 0 aliphatic heterocycles. The Morgan fingerprint density at radius 2 is 2.08 bits per heavy atom. The predicted octanol–water partition coefficient (Wildman–Crippen LogP) is 0.243. The number of aromatic nitrogens is 2. The number of hydrogen-bond donors (Lipinski definition) is 1. The summed E-state index contributed by atoms with van der Waals surface area (Å²) in [6, 6.07) is 0. The molecule has 0 spiro atoms. The Hall–Kier alpha value is -1.16. The first kappa shape index (κ1) is 8.93. The van der Waals surface area contributed by atoms with E-state index in [9.17, 15) is 4.79 Å². The molecule has 0 fully saturated rings. The van der Waals surface area contributed by atoms with Crippen LogP contribution >= 0.6 is 11.6 Å². The summed E-state index contributed by atoms with van der Waals surface area (Å²) in [5.41, 5.74) is 5.77. The summed E-state index contributed by atoms with van der Waals surface area (Å²) < 4.78 is 0. The highest BCUT2D eigenvalue weighted by atomic mass is 35.5. The molecule has 5 heteroatoms. The van der Waals surface area contributed by atoms with Crippen LogP contribution in [0.25, 0.3) is 0 Å². The van der Waals surface area contributed by atoms with Gasteiger partial charge in [-0.1, -0.05) is 0 Å². The number of amides is 1. The van der Waals surface area contributed by atoms with E-state index in [0.717, 1.165) is 5.56 Å². The molecule has 4 nitrogen and oxygen atoms in total. The van der Waals surface area contributed by atoms with Crippen LogP contribution in [0.5, 0.6) is 0 Å².